The third kappa shape index (κ3) is 5.25. The Morgan fingerprint density at radius 3 is 1.89 bits per heavy atom. The van der Waals surface area contributed by atoms with Gasteiger partial charge in [-0.1, -0.05) is 73.5 Å². The lowest BCUT2D eigenvalue weighted by Gasteiger charge is -2.18. The van der Waals surface area contributed by atoms with Crippen LogP contribution in [0, 0.1) is 25.2 Å². The van der Waals surface area contributed by atoms with E-state index in [1.165, 1.54) is 28.6 Å². The van der Waals surface area contributed by atoms with Gasteiger partial charge in [-0.3, -0.25) is 10.1 Å². The van der Waals surface area contributed by atoms with Crippen LogP contribution in [-0.4, -0.2) is 31.7 Å². The van der Waals surface area contributed by atoms with Crippen molar-refractivity contribution >= 4 is 21.8 Å². The van der Waals surface area contributed by atoms with Crippen LogP contribution in [-0.2, 0) is 10.0 Å². The molecule has 8 heteroatoms. The second-order valence-corrected chi connectivity index (χ2v) is 10.9. The van der Waals surface area contributed by atoms with Crippen molar-refractivity contribution in [3.63, 3.8) is 0 Å². The Kier molecular flexibility index (Phi) is 7.81. The van der Waals surface area contributed by atoms with Crippen LogP contribution in [0.1, 0.15) is 40.9 Å². The molecule has 0 atom stereocenters. The highest BCUT2D eigenvalue weighted by Crippen LogP contribution is 2.41. The molecule has 1 N–H and O–H groups in total. The zero-order chi connectivity index (χ0) is 27.4. The number of benzene rings is 3. The molecular weight excluding hydrogens is 498 g/mol. The molecule has 0 radical (unpaired) electrons. The monoisotopic (exact) mass is 527 g/mol. The number of nitriles is 1. The highest BCUT2D eigenvalue weighted by Gasteiger charge is 2.25. The van der Waals surface area contributed by atoms with Gasteiger partial charge in [0.15, 0.2) is 0 Å². The summed E-state index contributed by atoms with van der Waals surface area (Å²) in [6, 6.07) is 23.4. The highest BCUT2D eigenvalue weighted by atomic mass is 32.2. The lowest BCUT2D eigenvalue weighted by atomic mass is 9.97. The van der Waals surface area contributed by atoms with Crippen molar-refractivity contribution in [1.82, 2.24) is 4.31 Å². The van der Waals surface area contributed by atoms with Gasteiger partial charge in [-0.05, 0) is 43.7 Å². The van der Waals surface area contributed by atoms with Crippen LogP contribution in [0.25, 0.3) is 22.5 Å². The van der Waals surface area contributed by atoms with Crippen molar-refractivity contribution in [2.24, 2.45) is 0 Å². The van der Waals surface area contributed by atoms with E-state index in [1.807, 2.05) is 62.4 Å². The van der Waals surface area contributed by atoms with Crippen molar-refractivity contribution in [2.45, 2.75) is 32.6 Å². The molecule has 0 aliphatic carbocycles. The quantitative estimate of drug-likeness (QED) is 0.286. The van der Waals surface area contributed by atoms with Crippen LogP contribution in [0.3, 0.4) is 0 Å². The standard InChI is InChI=1S/C30H29N3O4S/c1-5-33(6-2)38(35,36)25-17-15-24(16-18-25)29(34)32-30-26(19-31)27(22-11-7-20(3)8-12-22)28(37-30)23-13-9-21(4)10-14-23/h7-18H,5-6H2,1-4H3,(H,32,34). The van der Waals surface area contributed by atoms with Crippen LogP contribution in [0.2, 0.25) is 0 Å². The molecule has 0 aliphatic rings. The zero-order valence-electron chi connectivity index (χ0n) is 21.8. The molecular formula is C30H29N3O4S. The summed E-state index contributed by atoms with van der Waals surface area (Å²) < 4.78 is 33.0. The van der Waals surface area contributed by atoms with E-state index in [1.54, 1.807) is 13.8 Å². The Morgan fingerprint density at radius 2 is 1.39 bits per heavy atom. The zero-order valence-corrected chi connectivity index (χ0v) is 22.6. The Bertz CT molecular complexity index is 1590. The predicted molar refractivity (Wildman–Crippen MR) is 148 cm³/mol. The van der Waals surface area contributed by atoms with Gasteiger partial charge in [0.1, 0.15) is 17.4 Å². The number of furan rings is 1. The molecule has 1 amide bonds. The summed E-state index contributed by atoms with van der Waals surface area (Å²) in [5, 5.41) is 12.8. The summed E-state index contributed by atoms with van der Waals surface area (Å²) >= 11 is 0. The summed E-state index contributed by atoms with van der Waals surface area (Å²) in [7, 11) is -3.64. The summed E-state index contributed by atoms with van der Waals surface area (Å²) in [4.78, 5) is 13.2. The first-order valence-corrected chi connectivity index (χ1v) is 13.8. The molecule has 38 heavy (non-hydrogen) atoms. The Morgan fingerprint density at radius 1 is 0.868 bits per heavy atom. The van der Waals surface area contributed by atoms with E-state index in [-0.39, 0.29) is 21.9 Å². The van der Waals surface area contributed by atoms with Gasteiger partial charge in [0, 0.05) is 29.8 Å². The van der Waals surface area contributed by atoms with Gasteiger partial charge >= 0.3 is 0 Å². The first-order chi connectivity index (χ1) is 18.2. The van der Waals surface area contributed by atoms with E-state index >= 15 is 0 Å². The number of nitrogens with zero attached hydrogens (tertiary/aromatic N) is 2. The molecule has 0 fully saturated rings. The molecule has 0 saturated heterocycles. The van der Waals surface area contributed by atoms with Gasteiger partial charge in [-0.15, -0.1) is 0 Å². The minimum absolute atomic E-state index is 0.0310. The van der Waals surface area contributed by atoms with E-state index in [2.05, 4.69) is 11.4 Å². The van der Waals surface area contributed by atoms with Crippen molar-refractivity contribution in [3.05, 3.63) is 95.1 Å². The number of anilines is 1. The average Bonchev–Trinajstić information content (AvgIpc) is 3.28. The fourth-order valence-corrected chi connectivity index (χ4v) is 5.65. The van der Waals surface area contributed by atoms with E-state index in [9.17, 15) is 18.5 Å². The number of hydrogen-bond donors (Lipinski definition) is 1. The van der Waals surface area contributed by atoms with Crippen molar-refractivity contribution < 1.29 is 17.6 Å². The SMILES string of the molecule is CCN(CC)S(=O)(=O)c1ccc(C(=O)Nc2oc(-c3ccc(C)cc3)c(-c3ccc(C)cc3)c2C#N)cc1. The smallest absolute Gasteiger partial charge is 0.258 e. The fraction of sp³-hybridized carbons (Fsp3) is 0.200. The maximum absolute atomic E-state index is 13.1. The Hall–Kier alpha value is -4.19. The first kappa shape index (κ1) is 26.9. The van der Waals surface area contributed by atoms with Gasteiger partial charge in [0.25, 0.3) is 5.91 Å². The van der Waals surface area contributed by atoms with Gasteiger partial charge < -0.3 is 4.42 Å². The predicted octanol–water partition coefficient (Wildman–Crippen LogP) is 6.38. The third-order valence-corrected chi connectivity index (χ3v) is 8.42. The molecule has 4 rings (SSSR count). The minimum Gasteiger partial charge on any atom is -0.438 e. The van der Waals surface area contributed by atoms with E-state index < -0.39 is 15.9 Å². The molecule has 0 saturated carbocycles. The lowest BCUT2D eigenvalue weighted by Crippen LogP contribution is -2.30. The molecule has 1 aromatic heterocycles. The van der Waals surface area contributed by atoms with Crippen LogP contribution >= 0.6 is 0 Å². The topological polar surface area (TPSA) is 103 Å². The molecule has 1 heterocycles. The van der Waals surface area contributed by atoms with Crippen LogP contribution < -0.4 is 5.32 Å². The van der Waals surface area contributed by atoms with Gasteiger partial charge in [0.2, 0.25) is 15.9 Å². The summed E-state index contributed by atoms with van der Waals surface area (Å²) in [5.41, 5.74) is 4.75. The van der Waals surface area contributed by atoms with E-state index in [0.29, 0.717) is 24.4 Å². The number of carbonyl (C=O) groups excluding carboxylic acids is 1. The minimum atomic E-state index is -3.64. The molecule has 0 unspecified atom stereocenters. The van der Waals surface area contributed by atoms with Gasteiger partial charge in [-0.2, -0.15) is 9.57 Å². The van der Waals surface area contributed by atoms with Gasteiger partial charge in [0.05, 0.1) is 4.90 Å². The molecule has 0 bridgehead atoms. The van der Waals surface area contributed by atoms with E-state index in [0.717, 1.165) is 22.3 Å². The normalized spacial score (nSPS) is 11.4. The molecule has 0 spiro atoms. The molecule has 194 valence electrons. The maximum atomic E-state index is 13.1. The summed E-state index contributed by atoms with van der Waals surface area (Å²) in [6.07, 6.45) is 0. The Labute approximate surface area is 223 Å². The maximum Gasteiger partial charge on any atom is 0.258 e. The van der Waals surface area contributed by atoms with Gasteiger partial charge in [-0.25, -0.2) is 8.42 Å². The second kappa shape index (κ2) is 11.1. The van der Waals surface area contributed by atoms with Crippen molar-refractivity contribution in [1.29, 1.82) is 5.26 Å². The first-order valence-electron chi connectivity index (χ1n) is 12.3. The fourth-order valence-electron chi connectivity index (χ4n) is 4.20. The number of rotatable bonds is 8. The molecule has 0 aliphatic heterocycles. The molecule has 3 aromatic carbocycles. The highest BCUT2D eigenvalue weighted by molar-refractivity contribution is 7.89. The molecule has 7 nitrogen and oxygen atoms in total. The second-order valence-electron chi connectivity index (χ2n) is 8.92. The number of sulfonamides is 1. The number of nitrogens with one attached hydrogen (secondary N) is 1. The van der Waals surface area contributed by atoms with Crippen molar-refractivity contribution in [2.75, 3.05) is 18.4 Å². The lowest BCUT2D eigenvalue weighted by molar-refractivity contribution is 0.102. The number of hydrogen-bond acceptors (Lipinski definition) is 5. The number of carbonyl (C=O) groups is 1. The Balaban J connectivity index is 1.72. The number of aryl methyl sites for hydroxylation is 2. The number of amides is 1. The third-order valence-electron chi connectivity index (χ3n) is 6.36. The average molecular weight is 528 g/mol. The summed E-state index contributed by atoms with van der Waals surface area (Å²) in [6.45, 7) is 8.21. The van der Waals surface area contributed by atoms with Crippen LogP contribution in [0.15, 0.2) is 82.1 Å². The molecule has 4 aromatic rings. The largest absolute Gasteiger partial charge is 0.438 e. The van der Waals surface area contributed by atoms with E-state index in [4.69, 9.17) is 4.42 Å². The summed E-state index contributed by atoms with van der Waals surface area (Å²) in [5.74, 6) is -0.0159. The van der Waals surface area contributed by atoms with Crippen LogP contribution in [0.5, 0.6) is 0 Å². The van der Waals surface area contributed by atoms with Crippen LogP contribution in [0.4, 0.5) is 5.88 Å². The van der Waals surface area contributed by atoms with Crippen molar-refractivity contribution in [3.8, 4) is 28.5 Å².